The third-order valence-corrected chi connectivity index (χ3v) is 9.37. The molecule has 0 bridgehead atoms. The maximum atomic E-state index is 9.70. The second-order valence-electron chi connectivity index (χ2n) is 5.63. The van der Waals surface area contributed by atoms with Crippen LogP contribution in [-0.4, -0.2) is 40.3 Å². The molecular formula is C15H26BIO2S. The minimum atomic E-state index is -0.497. The molecule has 0 fully saturated rings. The molecule has 1 N–H and O–H groups in total. The average Bonchev–Trinajstić information content (AvgIpc) is 2.41. The normalized spacial score (nSPS) is 13.8. The Morgan fingerprint density at radius 3 is 2.70 bits per heavy atom. The van der Waals surface area contributed by atoms with E-state index >= 15 is 0 Å². The van der Waals surface area contributed by atoms with Crippen molar-refractivity contribution in [3.8, 4) is 11.5 Å². The van der Waals surface area contributed by atoms with Crippen LogP contribution < -0.4 is 4.74 Å². The van der Waals surface area contributed by atoms with Gasteiger partial charge in [0, 0.05) is 0 Å². The molecule has 0 saturated heterocycles. The minimum absolute atomic E-state index is 0.236. The van der Waals surface area contributed by atoms with Crippen LogP contribution in [-0.2, 0) is 6.42 Å². The second-order valence-corrected chi connectivity index (χ2v) is 11.0. The predicted octanol–water partition coefficient (Wildman–Crippen LogP) is 3.92. The lowest BCUT2D eigenvalue weighted by atomic mass is 10.1. The summed E-state index contributed by atoms with van der Waals surface area (Å²) in [6, 6.07) is 5.72. The van der Waals surface area contributed by atoms with E-state index in [1.807, 2.05) is 19.1 Å². The molecule has 5 heteroatoms. The van der Waals surface area contributed by atoms with E-state index in [-0.39, 0.29) is 5.75 Å². The van der Waals surface area contributed by atoms with Crippen molar-refractivity contribution in [2.24, 2.45) is 0 Å². The molecule has 0 radical (unpaired) electrons. The molecule has 0 aliphatic rings. The first kappa shape index (κ1) is 18.0. The molecule has 0 spiro atoms. The van der Waals surface area contributed by atoms with Crippen LogP contribution >= 0.6 is 32.4 Å². The molecule has 1 aromatic rings. The number of phenols is 1. The highest BCUT2D eigenvalue weighted by molar-refractivity contribution is 14.1. The van der Waals surface area contributed by atoms with Crippen LogP contribution in [0.3, 0.4) is 0 Å². The Morgan fingerprint density at radius 2 is 2.10 bits per heavy atom. The minimum Gasteiger partial charge on any atom is -0.504 e. The fourth-order valence-corrected chi connectivity index (χ4v) is 6.56. The summed E-state index contributed by atoms with van der Waals surface area (Å²) >= 11 is 2.50. The van der Waals surface area contributed by atoms with Gasteiger partial charge in [-0.3, -0.25) is 10.0 Å². The van der Waals surface area contributed by atoms with Gasteiger partial charge in [-0.05, 0) is 60.9 Å². The summed E-state index contributed by atoms with van der Waals surface area (Å²) < 4.78 is 5.43. The van der Waals surface area contributed by atoms with Crippen molar-refractivity contribution >= 4 is 37.5 Å². The van der Waals surface area contributed by atoms with Crippen molar-refractivity contribution in [3.05, 3.63) is 23.8 Å². The van der Waals surface area contributed by atoms with Crippen LogP contribution in [0.4, 0.5) is 0 Å². The van der Waals surface area contributed by atoms with E-state index in [2.05, 4.69) is 41.8 Å². The molecule has 0 aliphatic heterocycles. The molecule has 20 heavy (non-hydrogen) atoms. The molecule has 114 valence electrons. The summed E-state index contributed by atoms with van der Waals surface area (Å²) in [5.74, 6) is 2.15. The first-order valence-corrected chi connectivity index (χ1v) is 11.3. The standard InChI is InChI=1S/C15H26BIO2S/c1-5-19-15-11-13(8-9-14(15)18)7-6-10-20(3,4)12(2)16-17/h8-9,11-12,16,18H,5-7,10H2,1-4H3. The Bertz CT molecular complexity index is 426. The number of hydrogen-bond acceptors (Lipinski definition) is 2. The van der Waals surface area contributed by atoms with Gasteiger partial charge in [-0.15, -0.1) is 0 Å². The number of hydrogen-bond donors (Lipinski definition) is 1. The molecule has 2 nitrogen and oxygen atoms in total. The van der Waals surface area contributed by atoms with Crippen molar-refractivity contribution in [1.29, 1.82) is 0 Å². The highest BCUT2D eigenvalue weighted by atomic mass is 127. The maximum Gasteiger partial charge on any atom is 0.211 e. The number of halogens is 1. The van der Waals surface area contributed by atoms with Gasteiger partial charge >= 0.3 is 0 Å². The molecule has 0 aromatic heterocycles. The fraction of sp³-hybridized carbons (Fsp3) is 0.600. The predicted molar refractivity (Wildman–Crippen MR) is 103 cm³/mol. The van der Waals surface area contributed by atoms with Crippen molar-refractivity contribution in [1.82, 2.24) is 0 Å². The molecular weight excluding hydrogens is 382 g/mol. The monoisotopic (exact) mass is 408 g/mol. The van der Waals surface area contributed by atoms with Crippen LogP contribution in [0.5, 0.6) is 11.5 Å². The van der Waals surface area contributed by atoms with E-state index in [1.165, 1.54) is 22.9 Å². The lowest BCUT2D eigenvalue weighted by molar-refractivity contribution is 0.317. The Balaban J connectivity index is 2.56. The van der Waals surface area contributed by atoms with Crippen molar-refractivity contribution in [2.45, 2.75) is 31.8 Å². The zero-order valence-electron chi connectivity index (χ0n) is 13.0. The Hall–Kier alpha value is -0.0351. The van der Waals surface area contributed by atoms with Crippen molar-refractivity contribution < 1.29 is 9.84 Å². The van der Waals surface area contributed by atoms with E-state index in [0.29, 0.717) is 12.4 Å². The van der Waals surface area contributed by atoms with E-state index < -0.39 is 10.0 Å². The van der Waals surface area contributed by atoms with Crippen LogP contribution in [0.2, 0.25) is 0 Å². The number of benzene rings is 1. The second kappa shape index (κ2) is 8.42. The Labute approximate surface area is 139 Å². The van der Waals surface area contributed by atoms with E-state index in [0.717, 1.165) is 11.6 Å². The van der Waals surface area contributed by atoms with Crippen LogP contribution in [0.25, 0.3) is 0 Å². The van der Waals surface area contributed by atoms with Crippen LogP contribution in [0.15, 0.2) is 18.2 Å². The van der Waals surface area contributed by atoms with Gasteiger partial charge in [-0.2, -0.15) is 22.4 Å². The van der Waals surface area contributed by atoms with Gasteiger partial charge in [0.05, 0.1) is 6.61 Å². The summed E-state index contributed by atoms with van der Waals surface area (Å²) in [5.41, 5.74) is 1.25. The molecule has 0 saturated carbocycles. The van der Waals surface area contributed by atoms with E-state index in [1.54, 1.807) is 6.07 Å². The summed E-state index contributed by atoms with van der Waals surface area (Å²) in [6.07, 6.45) is 7.15. The number of phenolic OH excluding ortho intramolecular Hbond substituents is 1. The highest BCUT2D eigenvalue weighted by Gasteiger charge is 2.19. The van der Waals surface area contributed by atoms with Gasteiger partial charge in [-0.25, -0.2) is 0 Å². The lowest BCUT2D eigenvalue weighted by Crippen LogP contribution is -2.19. The van der Waals surface area contributed by atoms with Crippen molar-refractivity contribution in [2.75, 3.05) is 24.9 Å². The third kappa shape index (κ3) is 5.39. The largest absolute Gasteiger partial charge is 0.504 e. The molecule has 0 heterocycles. The van der Waals surface area contributed by atoms with Gasteiger partial charge in [-0.1, -0.05) is 13.0 Å². The van der Waals surface area contributed by atoms with Crippen LogP contribution in [0, 0.1) is 0 Å². The third-order valence-electron chi connectivity index (χ3n) is 3.77. The lowest BCUT2D eigenvalue weighted by Gasteiger charge is -2.37. The maximum absolute atomic E-state index is 9.70. The van der Waals surface area contributed by atoms with Gasteiger partial charge in [0.1, 0.15) is 0 Å². The smallest absolute Gasteiger partial charge is 0.211 e. The highest BCUT2D eigenvalue weighted by Crippen LogP contribution is 2.46. The molecule has 1 atom stereocenters. The van der Waals surface area contributed by atoms with E-state index in [9.17, 15) is 5.11 Å². The van der Waals surface area contributed by atoms with Gasteiger partial charge in [0.2, 0.25) is 5.14 Å². The van der Waals surface area contributed by atoms with E-state index in [4.69, 9.17) is 4.74 Å². The van der Waals surface area contributed by atoms with Crippen molar-refractivity contribution in [3.63, 3.8) is 0 Å². The molecule has 1 unspecified atom stereocenters. The number of ether oxygens (including phenoxy) is 1. The quantitative estimate of drug-likeness (QED) is 0.522. The first-order valence-electron chi connectivity index (χ1n) is 7.11. The van der Waals surface area contributed by atoms with Crippen LogP contribution in [0.1, 0.15) is 25.8 Å². The summed E-state index contributed by atoms with van der Waals surface area (Å²) in [5, 5.41) is 11.8. The average molecular weight is 408 g/mol. The summed E-state index contributed by atoms with van der Waals surface area (Å²) in [7, 11) is -0.497. The Kier molecular flexibility index (Phi) is 7.58. The zero-order chi connectivity index (χ0) is 15.2. The topological polar surface area (TPSA) is 29.5 Å². The van der Waals surface area contributed by atoms with Gasteiger partial charge in [0.15, 0.2) is 11.5 Å². The number of aromatic hydroxyl groups is 1. The summed E-state index contributed by atoms with van der Waals surface area (Å²) in [4.78, 5) is 0. The van der Waals surface area contributed by atoms with Gasteiger partial charge < -0.3 is 9.84 Å². The number of aryl methyl sites for hydroxylation is 1. The van der Waals surface area contributed by atoms with Gasteiger partial charge in [0.25, 0.3) is 0 Å². The molecule has 0 aliphatic carbocycles. The summed E-state index contributed by atoms with van der Waals surface area (Å²) in [6.45, 7) is 4.89. The zero-order valence-corrected chi connectivity index (χ0v) is 16.0. The fourth-order valence-electron chi connectivity index (χ4n) is 2.01. The Morgan fingerprint density at radius 1 is 1.40 bits per heavy atom. The first-order chi connectivity index (χ1) is 9.40. The molecule has 1 rings (SSSR count). The molecule has 1 aromatic carbocycles. The number of rotatable bonds is 8. The SMILES string of the molecule is CCOc1cc(CCCS(C)(C)C(C)BI)ccc1O. The molecule has 0 amide bonds.